The number of carbonyl (C=O) groups excluding carboxylic acids is 1. The Morgan fingerprint density at radius 3 is 2.62 bits per heavy atom. The number of amides is 1. The number of nitrogens with one attached hydrogen (secondary N) is 1. The van der Waals surface area contributed by atoms with Gasteiger partial charge in [0.1, 0.15) is 0 Å². The van der Waals surface area contributed by atoms with E-state index in [1.807, 2.05) is 37.3 Å². The summed E-state index contributed by atoms with van der Waals surface area (Å²) in [5.74, 6) is -1.34. The zero-order valence-electron chi connectivity index (χ0n) is 12.8. The zero-order chi connectivity index (χ0) is 17.1. The summed E-state index contributed by atoms with van der Waals surface area (Å²) in [6.07, 6.45) is 1.57. The minimum absolute atomic E-state index is 0.0158. The van der Waals surface area contributed by atoms with E-state index in [-0.39, 0.29) is 16.5 Å². The molecule has 0 spiro atoms. The molecule has 0 aliphatic heterocycles. The van der Waals surface area contributed by atoms with Crippen LogP contribution in [0.5, 0.6) is 0 Å². The van der Waals surface area contributed by atoms with E-state index in [9.17, 15) is 9.18 Å². The van der Waals surface area contributed by atoms with Crippen molar-refractivity contribution in [2.45, 2.75) is 6.92 Å². The fourth-order valence-electron chi connectivity index (χ4n) is 2.22. The van der Waals surface area contributed by atoms with Crippen LogP contribution in [0.4, 0.5) is 10.1 Å². The molecule has 1 heterocycles. The van der Waals surface area contributed by atoms with Crippen LogP contribution in [0.15, 0.2) is 54.7 Å². The van der Waals surface area contributed by atoms with Crippen LogP contribution in [-0.2, 0) is 0 Å². The normalized spacial score (nSPS) is 10.5. The van der Waals surface area contributed by atoms with Gasteiger partial charge < -0.3 is 5.32 Å². The minimum Gasteiger partial charge on any atom is -0.317 e. The molecule has 3 aromatic rings. The van der Waals surface area contributed by atoms with Gasteiger partial charge in [-0.3, -0.25) is 4.79 Å². The maximum atomic E-state index is 13.9. The van der Waals surface area contributed by atoms with Gasteiger partial charge in [0.2, 0.25) is 5.82 Å². The van der Waals surface area contributed by atoms with Gasteiger partial charge in [0.25, 0.3) is 5.91 Å². The maximum absolute atomic E-state index is 13.9. The number of rotatable bonds is 3. The lowest BCUT2D eigenvalue weighted by Gasteiger charge is -2.09. The topological polar surface area (TPSA) is 54.9 Å². The molecule has 120 valence electrons. The number of halogens is 2. The lowest BCUT2D eigenvalue weighted by molar-refractivity contribution is 0.101. The molecule has 4 nitrogen and oxygen atoms in total. The molecule has 0 saturated heterocycles. The van der Waals surface area contributed by atoms with Gasteiger partial charge in [-0.15, -0.1) is 0 Å². The van der Waals surface area contributed by atoms with Crippen molar-refractivity contribution in [3.05, 3.63) is 77.0 Å². The van der Waals surface area contributed by atoms with Gasteiger partial charge in [0.05, 0.1) is 16.4 Å². The second kappa shape index (κ2) is 6.76. The van der Waals surface area contributed by atoms with E-state index in [1.54, 1.807) is 12.3 Å². The zero-order valence-corrected chi connectivity index (χ0v) is 13.5. The van der Waals surface area contributed by atoms with Crippen LogP contribution in [0.1, 0.15) is 16.2 Å². The van der Waals surface area contributed by atoms with E-state index in [0.29, 0.717) is 5.69 Å². The van der Waals surface area contributed by atoms with Gasteiger partial charge in [-0.1, -0.05) is 48.0 Å². The van der Waals surface area contributed by atoms with E-state index < -0.39 is 11.7 Å². The Labute approximate surface area is 143 Å². The molecule has 1 amide bonds. The van der Waals surface area contributed by atoms with Crippen molar-refractivity contribution < 1.29 is 9.18 Å². The number of benzene rings is 2. The van der Waals surface area contributed by atoms with Crippen LogP contribution >= 0.6 is 11.6 Å². The van der Waals surface area contributed by atoms with Crippen molar-refractivity contribution in [3.63, 3.8) is 0 Å². The first-order chi connectivity index (χ1) is 11.6. The summed E-state index contributed by atoms with van der Waals surface area (Å²) in [4.78, 5) is 20.7. The first-order valence-electron chi connectivity index (χ1n) is 7.20. The number of aryl methyl sites for hydroxylation is 1. The van der Waals surface area contributed by atoms with Crippen LogP contribution in [0.2, 0.25) is 5.02 Å². The monoisotopic (exact) mass is 341 g/mol. The van der Waals surface area contributed by atoms with Crippen LogP contribution in [0.25, 0.3) is 11.3 Å². The average molecular weight is 342 g/mol. The van der Waals surface area contributed by atoms with E-state index in [2.05, 4.69) is 15.3 Å². The lowest BCUT2D eigenvalue weighted by atomic mass is 10.1. The van der Waals surface area contributed by atoms with Crippen molar-refractivity contribution in [1.82, 2.24) is 9.97 Å². The fourth-order valence-corrected chi connectivity index (χ4v) is 2.39. The number of hydrogen-bond acceptors (Lipinski definition) is 3. The number of nitrogens with zero attached hydrogens (tertiary/aromatic N) is 2. The van der Waals surface area contributed by atoms with Gasteiger partial charge in [-0.05, 0) is 24.6 Å². The van der Waals surface area contributed by atoms with Gasteiger partial charge >= 0.3 is 0 Å². The molecular formula is C18H13ClFN3O. The summed E-state index contributed by atoms with van der Waals surface area (Å²) in [5, 5.41) is 2.38. The summed E-state index contributed by atoms with van der Waals surface area (Å²) >= 11 is 5.71. The van der Waals surface area contributed by atoms with Crippen LogP contribution < -0.4 is 5.32 Å². The molecule has 0 atom stereocenters. The van der Waals surface area contributed by atoms with E-state index in [4.69, 9.17) is 11.6 Å². The Balaban J connectivity index is 1.92. The third-order valence-corrected chi connectivity index (χ3v) is 3.71. The Bertz CT molecular complexity index is 900. The predicted octanol–water partition coefficient (Wildman–Crippen LogP) is 4.50. The first kappa shape index (κ1) is 16.1. The molecule has 6 heteroatoms. The van der Waals surface area contributed by atoms with Gasteiger partial charge in [-0.2, -0.15) is 0 Å². The van der Waals surface area contributed by atoms with E-state index in [1.165, 1.54) is 12.1 Å². The second-order valence-corrected chi connectivity index (χ2v) is 5.55. The summed E-state index contributed by atoms with van der Waals surface area (Å²) in [7, 11) is 0. The number of carbonyl (C=O) groups is 1. The Morgan fingerprint density at radius 2 is 1.88 bits per heavy atom. The molecule has 0 fully saturated rings. The molecule has 0 unspecified atom stereocenters. The van der Waals surface area contributed by atoms with Crippen molar-refractivity contribution in [2.75, 3.05) is 5.32 Å². The van der Waals surface area contributed by atoms with Crippen LogP contribution in [0.3, 0.4) is 0 Å². The highest BCUT2D eigenvalue weighted by molar-refractivity contribution is 6.31. The molecule has 2 aromatic carbocycles. The minimum atomic E-state index is -0.692. The van der Waals surface area contributed by atoms with Crippen LogP contribution in [-0.4, -0.2) is 15.9 Å². The van der Waals surface area contributed by atoms with Gasteiger partial charge in [-0.25, -0.2) is 14.4 Å². The lowest BCUT2D eigenvalue weighted by Crippen LogP contribution is -2.17. The van der Waals surface area contributed by atoms with Gasteiger partial charge in [0, 0.05) is 11.8 Å². The summed E-state index contributed by atoms with van der Waals surface area (Å²) < 4.78 is 13.9. The van der Waals surface area contributed by atoms with Crippen molar-refractivity contribution in [2.24, 2.45) is 0 Å². The number of hydrogen-bond donors (Lipinski definition) is 1. The van der Waals surface area contributed by atoms with Crippen molar-refractivity contribution >= 4 is 23.2 Å². The van der Waals surface area contributed by atoms with Gasteiger partial charge in [0.15, 0.2) is 5.82 Å². The number of anilines is 1. The third kappa shape index (κ3) is 3.26. The van der Waals surface area contributed by atoms with Crippen LogP contribution in [0, 0.1) is 12.7 Å². The average Bonchev–Trinajstić information content (AvgIpc) is 2.60. The Kier molecular flexibility index (Phi) is 4.53. The summed E-state index contributed by atoms with van der Waals surface area (Å²) in [5.41, 5.74) is 2.35. The SMILES string of the molecule is Cc1cnc(C(=O)Nc2cccc(Cl)c2F)nc1-c1ccccc1. The molecule has 0 aliphatic rings. The van der Waals surface area contributed by atoms with Crippen molar-refractivity contribution in [1.29, 1.82) is 0 Å². The van der Waals surface area contributed by atoms with Crippen molar-refractivity contribution in [3.8, 4) is 11.3 Å². The quantitative estimate of drug-likeness (QED) is 0.763. The number of aromatic nitrogens is 2. The molecule has 0 radical (unpaired) electrons. The standard InChI is InChI=1S/C18H13ClFN3O/c1-11-10-21-17(23-16(11)12-6-3-2-4-7-12)18(24)22-14-9-5-8-13(19)15(14)20/h2-10H,1H3,(H,22,24). The fraction of sp³-hybridized carbons (Fsp3) is 0.0556. The maximum Gasteiger partial charge on any atom is 0.293 e. The Hall–Kier alpha value is -2.79. The molecule has 0 bridgehead atoms. The molecule has 1 aromatic heterocycles. The molecule has 24 heavy (non-hydrogen) atoms. The first-order valence-corrected chi connectivity index (χ1v) is 7.58. The van der Waals surface area contributed by atoms with E-state index in [0.717, 1.165) is 11.1 Å². The molecular weight excluding hydrogens is 329 g/mol. The smallest absolute Gasteiger partial charge is 0.293 e. The van der Waals surface area contributed by atoms with E-state index >= 15 is 0 Å². The summed E-state index contributed by atoms with van der Waals surface area (Å²) in [6.45, 7) is 1.86. The largest absolute Gasteiger partial charge is 0.317 e. The molecule has 0 saturated carbocycles. The molecule has 0 aliphatic carbocycles. The summed E-state index contributed by atoms with van der Waals surface area (Å²) in [6, 6.07) is 13.8. The highest BCUT2D eigenvalue weighted by atomic mass is 35.5. The molecule has 3 rings (SSSR count). The third-order valence-electron chi connectivity index (χ3n) is 3.42. The highest BCUT2D eigenvalue weighted by Crippen LogP contribution is 2.23. The Morgan fingerprint density at radius 1 is 1.12 bits per heavy atom. The highest BCUT2D eigenvalue weighted by Gasteiger charge is 2.15. The second-order valence-electron chi connectivity index (χ2n) is 5.15. The molecule has 1 N–H and O–H groups in total. The predicted molar refractivity (Wildman–Crippen MR) is 91.6 cm³/mol.